The highest BCUT2D eigenvalue weighted by atomic mass is 32.2. The van der Waals surface area contributed by atoms with Crippen LogP contribution in [0.15, 0.2) is 24.4 Å². The SMILES string of the molecule is CCCCOC(=O)S1=CC(CNc2nccc(N(C)CCc3cc(OC)c(OC)c(OC)c3)n2)(N2CCC(O)CC2)CN1. The number of likely N-dealkylation sites (tertiary alicyclic amines) is 1. The maximum atomic E-state index is 12.8. The van der Waals surface area contributed by atoms with Gasteiger partial charge in [-0.05, 0) is 65.5 Å². The van der Waals surface area contributed by atoms with Crippen LogP contribution in [0.2, 0.25) is 0 Å². The molecule has 3 heterocycles. The summed E-state index contributed by atoms with van der Waals surface area (Å²) in [5, 5.41) is 15.4. The molecule has 1 saturated heterocycles. The van der Waals surface area contributed by atoms with Crippen LogP contribution < -0.4 is 29.1 Å². The lowest BCUT2D eigenvalue weighted by atomic mass is 9.95. The van der Waals surface area contributed by atoms with E-state index in [0.29, 0.717) is 62.3 Å². The van der Waals surface area contributed by atoms with E-state index in [1.54, 1.807) is 27.5 Å². The molecule has 0 aliphatic carbocycles. The van der Waals surface area contributed by atoms with Gasteiger partial charge in [-0.15, -0.1) is 0 Å². The van der Waals surface area contributed by atoms with Crippen molar-refractivity contribution in [3.8, 4) is 17.2 Å². The molecule has 1 aromatic heterocycles. The Morgan fingerprint density at radius 1 is 1.21 bits per heavy atom. The zero-order valence-corrected chi connectivity index (χ0v) is 26.7. The molecule has 13 heteroatoms. The Bertz CT molecular complexity index is 1230. The molecule has 1 aromatic carbocycles. The number of benzene rings is 1. The normalized spacial score (nSPS) is 20.7. The number of hydrogen-bond donors (Lipinski definition) is 3. The molecule has 0 spiro atoms. The summed E-state index contributed by atoms with van der Waals surface area (Å²) in [6, 6.07) is 5.80. The fourth-order valence-corrected chi connectivity index (χ4v) is 6.93. The van der Waals surface area contributed by atoms with Crippen LogP contribution in [0, 0.1) is 0 Å². The molecular weight excluding hydrogens is 572 g/mol. The number of carbonyl (C=O) groups is 1. The molecule has 43 heavy (non-hydrogen) atoms. The van der Waals surface area contributed by atoms with Gasteiger partial charge in [0.1, 0.15) is 5.82 Å². The molecule has 12 nitrogen and oxygen atoms in total. The van der Waals surface area contributed by atoms with Gasteiger partial charge in [0.25, 0.3) is 0 Å². The van der Waals surface area contributed by atoms with E-state index in [-0.39, 0.29) is 11.4 Å². The number of piperidine rings is 1. The Labute approximate surface area is 257 Å². The van der Waals surface area contributed by atoms with Gasteiger partial charge in [0.05, 0.1) is 39.6 Å². The Hall–Kier alpha value is -3.13. The quantitative estimate of drug-likeness (QED) is 0.163. The second-order valence-electron chi connectivity index (χ2n) is 10.8. The lowest BCUT2D eigenvalue weighted by molar-refractivity contribution is 0.0509. The van der Waals surface area contributed by atoms with Gasteiger partial charge < -0.3 is 34.3 Å². The summed E-state index contributed by atoms with van der Waals surface area (Å²) >= 11 is 0. The number of carbonyl (C=O) groups excluding carboxylic acids is 1. The van der Waals surface area contributed by atoms with Crippen molar-refractivity contribution in [3.63, 3.8) is 0 Å². The molecule has 238 valence electrons. The number of hydrogen-bond acceptors (Lipinski definition) is 12. The van der Waals surface area contributed by atoms with E-state index in [4.69, 9.17) is 23.9 Å². The van der Waals surface area contributed by atoms with Crippen molar-refractivity contribution in [1.82, 2.24) is 19.6 Å². The third kappa shape index (κ3) is 8.28. The summed E-state index contributed by atoms with van der Waals surface area (Å²) in [5.41, 5.74) is 0.611. The van der Waals surface area contributed by atoms with Crippen LogP contribution in [-0.4, -0.2) is 110 Å². The maximum Gasteiger partial charge on any atom is 0.375 e. The molecule has 0 bridgehead atoms. The molecule has 2 unspecified atom stereocenters. The molecule has 1 fully saturated rings. The van der Waals surface area contributed by atoms with Crippen LogP contribution in [0.1, 0.15) is 38.2 Å². The van der Waals surface area contributed by atoms with Crippen molar-refractivity contribution in [1.29, 1.82) is 0 Å². The summed E-state index contributed by atoms with van der Waals surface area (Å²) in [4.78, 5) is 26.5. The van der Waals surface area contributed by atoms with E-state index in [0.717, 1.165) is 43.7 Å². The third-order valence-electron chi connectivity index (χ3n) is 7.91. The maximum absolute atomic E-state index is 12.8. The lowest BCUT2D eigenvalue weighted by Gasteiger charge is -2.42. The first-order valence-electron chi connectivity index (χ1n) is 14.8. The number of aliphatic hydroxyl groups is 1. The second kappa shape index (κ2) is 15.6. The minimum Gasteiger partial charge on any atom is -0.493 e. The first-order chi connectivity index (χ1) is 20.8. The van der Waals surface area contributed by atoms with Crippen molar-refractivity contribution in [2.45, 2.75) is 50.7 Å². The predicted molar refractivity (Wildman–Crippen MR) is 171 cm³/mol. The van der Waals surface area contributed by atoms with Crippen LogP contribution in [0.3, 0.4) is 0 Å². The summed E-state index contributed by atoms with van der Waals surface area (Å²) in [7, 11) is 6.00. The summed E-state index contributed by atoms with van der Waals surface area (Å²) in [5.74, 6) is 3.12. The van der Waals surface area contributed by atoms with Gasteiger partial charge in [-0.1, -0.05) is 13.3 Å². The predicted octanol–water partition coefficient (Wildman–Crippen LogP) is 3.31. The number of ether oxygens (including phenoxy) is 4. The van der Waals surface area contributed by atoms with Gasteiger partial charge in [0, 0.05) is 46.0 Å². The van der Waals surface area contributed by atoms with Gasteiger partial charge in [-0.3, -0.25) is 9.62 Å². The minimum atomic E-state index is -0.808. The molecular formula is C30H46N6O6S. The van der Waals surface area contributed by atoms with Gasteiger partial charge in [-0.2, -0.15) is 4.98 Å². The topological polar surface area (TPSA) is 131 Å². The minimum absolute atomic E-state index is 0.223. The van der Waals surface area contributed by atoms with Crippen molar-refractivity contribution >= 4 is 33.1 Å². The highest BCUT2D eigenvalue weighted by Gasteiger charge is 2.42. The van der Waals surface area contributed by atoms with Crippen molar-refractivity contribution in [2.24, 2.45) is 0 Å². The average Bonchev–Trinajstić information content (AvgIpc) is 3.48. The molecule has 2 aromatic rings. The first-order valence-corrected chi connectivity index (χ1v) is 16.1. The van der Waals surface area contributed by atoms with E-state index in [9.17, 15) is 9.90 Å². The highest BCUT2D eigenvalue weighted by molar-refractivity contribution is 8.26. The summed E-state index contributed by atoms with van der Waals surface area (Å²) in [6.07, 6.45) is 5.42. The van der Waals surface area contributed by atoms with Crippen LogP contribution in [0.5, 0.6) is 17.2 Å². The fraction of sp³-hybridized carbons (Fsp3) is 0.600. The Morgan fingerprint density at radius 2 is 1.93 bits per heavy atom. The molecule has 0 amide bonds. The number of nitrogens with one attached hydrogen (secondary N) is 2. The van der Waals surface area contributed by atoms with Crippen LogP contribution in [0.4, 0.5) is 16.6 Å². The van der Waals surface area contributed by atoms with E-state index in [1.807, 2.05) is 25.2 Å². The molecule has 0 saturated carbocycles. The van der Waals surface area contributed by atoms with Crippen molar-refractivity contribution < 1.29 is 28.8 Å². The van der Waals surface area contributed by atoms with Crippen molar-refractivity contribution in [2.75, 3.05) is 77.9 Å². The molecule has 0 radical (unpaired) electrons. The van der Waals surface area contributed by atoms with E-state index in [1.165, 1.54) is 0 Å². The smallest absolute Gasteiger partial charge is 0.375 e. The Morgan fingerprint density at radius 3 is 2.58 bits per heavy atom. The number of anilines is 2. The van der Waals surface area contributed by atoms with Crippen LogP contribution in [-0.2, 0) is 11.2 Å². The fourth-order valence-electron chi connectivity index (χ4n) is 5.26. The molecule has 4 rings (SSSR count). The number of methoxy groups -OCH3 is 3. The zero-order valence-electron chi connectivity index (χ0n) is 25.9. The summed E-state index contributed by atoms with van der Waals surface area (Å²) in [6.45, 7) is 5.80. The molecule has 2 aliphatic heterocycles. The van der Waals surface area contributed by atoms with Gasteiger partial charge >= 0.3 is 5.30 Å². The van der Waals surface area contributed by atoms with E-state index >= 15 is 0 Å². The monoisotopic (exact) mass is 618 g/mol. The zero-order chi connectivity index (χ0) is 30.8. The number of unbranched alkanes of at least 4 members (excludes halogenated alkanes) is 1. The number of nitrogens with zero attached hydrogens (tertiary/aromatic N) is 4. The third-order valence-corrected chi connectivity index (χ3v) is 9.51. The standard InChI is InChI=1S/C30H46N6O6S/c1-6-7-16-42-29(38)43-21-30(20-33-43,36-14-10-23(37)11-15-36)19-32-28-31-12-8-26(34-28)35(2)13-9-22-17-24(39-3)27(41-5)25(18-22)40-4/h8,12,17-18,21,23,33,37H,6-7,9-11,13-16,19-20H2,1-5H3,(H,31,32,34). The largest absolute Gasteiger partial charge is 0.493 e. The number of aliphatic hydroxyl groups excluding tert-OH is 1. The van der Waals surface area contributed by atoms with E-state index in [2.05, 4.69) is 37.1 Å². The number of likely N-dealkylation sites (N-methyl/N-ethyl adjacent to an activating group) is 1. The Kier molecular flexibility index (Phi) is 11.9. The van der Waals surface area contributed by atoms with Crippen LogP contribution in [0.25, 0.3) is 0 Å². The number of rotatable bonds is 14. The second-order valence-corrected chi connectivity index (χ2v) is 12.4. The van der Waals surface area contributed by atoms with Gasteiger partial charge in [-0.25, -0.2) is 9.78 Å². The van der Waals surface area contributed by atoms with Gasteiger partial charge in [0.2, 0.25) is 11.7 Å². The van der Waals surface area contributed by atoms with E-state index < -0.39 is 16.2 Å². The lowest BCUT2D eigenvalue weighted by Crippen LogP contribution is -2.59. The molecule has 2 atom stereocenters. The van der Waals surface area contributed by atoms with Crippen LogP contribution >= 0.6 is 10.7 Å². The number of aromatic nitrogens is 2. The van der Waals surface area contributed by atoms with Crippen molar-refractivity contribution in [3.05, 3.63) is 30.0 Å². The summed E-state index contributed by atoms with van der Waals surface area (Å²) < 4.78 is 25.3. The highest BCUT2D eigenvalue weighted by Crippen LogP contribution is 2.38. The van der Waals surface area contributed by atoms with Gasteiger partial charge in [0.15, 0.2) is 11.5 Å². The molecule has 3 N–H and O–H groups in total. The first kappa shape index (κ1) is 32.8. The Balaban J connectivity index is 1.44. The average molecular weight is 619 g/mol. The molecule has 2 aliphatic rings.